The number of amidine groups is 1. The third-order valence-electron chi connectivity index (χ3n) is 2.43. The van der Waals surface area contributed by atoms with E-state index in [2.05, 4.69) is 15.1 Å². The molecule has 0 saturated carbocycles. The predicted molar refractivity (Wildman–Crippen MR) is 70.1 cm³/mol. The Hall–Kier alpha value is -2.29. The Morgan fingerprint density at radius 1 is 1.24 bits per heavy atom. The van der Waals surface area contributed by atoms with Crippen LogP contribution >= 0.6 is 11.8 Å². The molecule has 0 aliphatic heterocycles. The van der Waals surface area contributed by atoms with E-state index in [-0.39, 0.29) is 5.56 Å². The average molecular weight is 314 g/mol. The van der Waals surface area contributed by atoms with Crippen molar-refractivity contribution in [1.29, 1.82) is 0 Å². The monoisotopic (exact) mass is 314 g/mol. The number of hydrogen-bond donors (Lipinski definition) is 2. The number of alkyl halides is 3. The summed E-state index contributed by atoms with van der Waals surface area (Å²) in [5.74, 6) is -0.417. The summed E-state index contributed by atoms with van der Waals surface area (Å²) in [6.45, 7) is 0. The number of nitrogens with two attached hydrogens (primary N) is 1. The van der Waals surface area contributed by atoms with Crippen LogP contribution < -0.4 is 5.73 Å². The summed E-state index contributed by atoms with van der Waals surface area (Å²) < 4.78 is 38.2. The molecular formula is C12H9F3N4OS. The van der Waals surface area contributed by atoms with Crippen LogP contribution in [-0.2, 0) is 6.18 Å². The fourth-order valence-electron chi connectivity index (χ4n) is 1.49. The van der Waals surface area contributed by atoms with Crippen molar-refractivity contribution in [1.82, 2.24) is 9.97 Å². The molecule has 5 nitrogen and oxygen atoms in total. The Morgan fingerprint density at radius 2 is 1.90 bits per heavy atom. The number of nitrogens with zero attached hydrogens (tertiary/aromatic N) is 3. The van der Waals surface area contributed by atoms with Gasteiger partial charge in [0.25, 0.3) is 0 Å². The van der Waals surface area contributed by atoms with Crippen molar-refractivity contribution in [2.24, 2.45) is 10.9 Å². The van der Waals surface area contributed by atoms with Gasteiger partial charge in [-0.2, -0.15) is 13.2 Å². The zero-order chi connectivity index (χ0) is 15.5. The minimum absolute atomic E-state index is 0.0372. The SMILES string of the molecule is N/C(=N\O)c1cc(C(F)(F)F)ccc1Sc1ncccn1. The van der Waals surface area contributed by atoms with Gasteiger partial charge in [-0.15, -0.1) is 0 Å². The van der Waals surface area contributed by atoms with Gasteiger partial charge in [0.2, 0.25) is 0 Å². The number of benzene rings is 1. The lowest BCUT2D eigenvalue weighted by Gasteiger charge is -2.11. The number of aromatic nitrogens is 2. The van der Waals surface area contributed by atoms with Crippen molar-refractivity contribution in [3.63, 3.8) is 0 Å². The molecular weight excluding hydrogens is 305 g/mol. The first kappa shape index (κ1) is 15.1. The quantitative estimate of drug-likeness (QED) is 0.299. The van der Waals surface area contributed by atoms with Gasteiger partial charge in [0, 0.05) is 22.9 Å². The molecule has 0 bridgehead atoms. The van der Waals surface area contributed by atoms with E-state index in [1.807, 2.05) is 0 Å². The zero-order valence-corrected chi connectivity index (χ0v) is 11.2. The molecule has 0 atom stereocenters. The fourth-order valence-corrected chi connectivity index (χ4v) is 2.32. The molecule has 2 aromatic rings. The van der Waals surface area contributed by atoms with E-state index in [1.165, 1.54) is 18.5 Å². The summed E-state index contributed by atoms with van der Waals surface area (Å²) >= 11 is 1.02. The predicted octanol–water partition coefficient (Wildman–Crippen LogP) is 2.74. The highest BCUT2D eigenvalue weighted by atomic mass is 32.2. The van der Waals surface area contributed by atoms with Crippen LogP contribution in [0.3, 0.4) is 0 Å². The smallest absolute Gasteiger partial charge is 0.409 e. The third-order valence-corrected chi connectivity index (χ3v) is 3.40. The van der Waals surface area contributed by atoms with E-state index >= 15 is 0 Å². The maximum Gasteiger partial charge on any atom is 0.416 e. The van der Waals surface area contributed by atoms with Crippen LogP contribution in [0.15, 0.2) is 51.9 Å². The van der Waals surface area contributed by atoms with Gasteiger partial charge < -0.3 is 10.9 Å². The molecule has 0 saturated heterocycles. The second-order valence-corrected chi connectivity index (χ2v) is 4.84. The molecule has 1 aromatic carbocycles. The van der Waals surface area contributed by atoms with Crippen LogP contribution in [0, 0.1) is 0 Å². The second kappa shape index (κ2) is 6.00. The van der Waals surface area contributed by atoms with E-state index in [4.69, 9.17) is 10.9 Å². The molecule has 0 fully saturated rings. The lowest BCUT2D eigenvalue weighted by molar-refractivity contribution is -0.137. The van der Waals surface area contributed by atoms with Crippen molar-refractivity contribution >= 4 is 17.6 Å². The van der Waals surface area contributed by atoms with Crippen LogP contribution in [0.25, 0.3) is 0 Å². The first-order valence-corrected chi connectivity index (χ1v) is 6.37. The standard InChI is InChI=1S/C12H9F3N4OS/c13-12(14,15)7-2-3-9(8(6-7)10(16)19-20)21-11-17-4-1-5-18-11/h1-6,20H,(H2,16,19). The van der Waals surface area contributed by atoms with Gasteiger partial charge in [0.05, 0.1) is 5.56 Å². The molecule has 21 heavy (non-hydrogen) atoms. The summed E-state index contributed by atoms with van der Waals surface area (Å²) in [6, 6.07) is 4.58. The number of oxime groups is 1. The van der Waals surface area contributed by atoms with Crippen molar-refractivity contribution in [3.8, 4) is 0 Å². The molecule has 110 valence electrons. The summed E-state index contributed by atoms with van der Waals surface area (Å²) in [5, 5.41) is 11.8. The lowest BCUT2D eigenvalue weighted by Crippen LogP contribution is -2.16. The van der Waals surface area contributed by atoms with Gasteiger partial charge in [-0.05, 0) is 36.0 Å². The highest BCUT2D eigenvalue weighted by molar-refractivity contribution is 7.99. The zero-order valence-electron chi connectivity index (χ0n) is 10.4. The first-order chi connectivity index (χ1) is 9.91. The molecule has 0 spiro atoms. The minimum atomic E-state index is -4.52. The van der Waals surface area contributed by atoms with Gasteiger partial charge in [-0.25, -0.2) is 9.97 Å². The Morgan fingerprint density at radius 3 is 2.48 bits per heavy atom. The van der Waals surface area contributed by atoms with E-state index in [9.17, 15) is 13.2 Å². The van der Waals surface area contributed by atoms with Gasteiger partial charge in [0.15, 0.2) is 11.0 Å². The maximum atomic E-state index is 12.7. The van der Waals surface area contributed by atoms with E-state index < -0.39 is 17.6 Å². The molecule has 1 aromatic heterocycles. The Balaban J connectivity index is 2.46. The van der Waals surface area contributed by atoms with E-state index in [1.54, 1.807) is 6.07 Å². The molecule has 0 amide bonds. The minimum Gasteiger partial charge on any atom is -0.409 e. The van der Waals surface area contributed by atoms with Crippen molar-refractivity contribution < 1.29 is 18.4 Å². The highest BCUT2D eigenvalue weighted by Gasteiger charge is 2.31. The molecule has 0 unspecified atom stereocenters. The highest BCUT2D eigenvalue weighted by Crippen LogP contribution is 2.34. The number of hydrogen-bond acceptors (Lipinski definition) is 5. The maximum absolute atomic E-state index is 12.7. The van der Waals surface area contributed by atoms with Gasteiger partial charge in [0.1, 0.15) is 0 Å². The second-order valence-electron chi connectivity index (χ2n) is 3.83. The average Bonchev–Trinajstić information content (AvgIpc) is 2.47. The molecule has 0 radical (unpaired) electrons. The van der Waals surface area contributed by atoms with Crippen molar-refractivity contribution in [3.05, 3.63) is 47.8 Å². The fraction of sp³-hybridized carbons (Fsp3) is 0.0833. The lowest BCUT2D eigenvalue weighted by atomic mass is 10.1. The summed E-state index contributed by atoms with van der Waals surface area (Å²) in [5.41, 5.74) is 4.52. The molecule has 3 N–H and O–H groups in total. The number of halogens is 3. The topological polar surface area (TPSA) is 84.4 Å². The van der Waals surface area contributed by atoms with Gasteiger partial charge in [-0.3, -0.25) is 0 Å². The summed E-state index contributed by atoms with van der Waals surface area (Å²) in [7, 11) is 0. The molecule has 1 heterocycles. The molecule has 9 heteroatoms. The van der Waals surface area contributed by atoms with Crippen LogP contribution in [0.5, 0.6) is 0 Å². The van der Waals surface area contributed by atoms with Crippen LogP contribution in [0.4, 0.5) is 13.2 Å². The van der Waals surface area contributed by atoms with E-state index in [0.717, 1.165) is 23.9 Å². The molecule has 2 rings (SSSR count). The van der Waals surface area contributed by atoms with Crippen LogP contribution in [-0.4, -0.2) is 21.0 Å². The Labute approximate surface area is 121 Å². The largest absolute Gasteiger partial charge is 0.416 e. The van der Waals surface area contributed by atoms with Crippen LogP contribution in [0.1, 0.15) is 11.1 Å². The Kier molecular flexibility index (Phi) is 4.32. The molecule has 0 aliphatic rings. The van der Waals surface area contributed by atoms with E-state index in [0.29, 0.717) is 10.1 Å². The first-order valence-electron chi connectivity index (χ1n) is 5.56. The summed E-state index contributed by atoms with van der Waals surface area (Å²) in [4.78, 5) is 8.27. The van der Waals surface area contributed by atoms with Gasteiger partial charge in [-0.1, -0.05) is 5.16 Å². The van der Waals surface area contributed by atoms with Gasteiger partial charge >= 0.3 is 6.18 Å². The number of rotatable bonds is 3. The normalized spacial score (nSPS) is 12.4. The molecule has 0 aliphatic carbocycles. The van der Waals surface area contributed by atoms with Crippen molar-refractivity contribution in [2.75, 3.05) is 0 Å². The Bertz CT molecular complexity index is 661. The summed E-state index contributed by atoms with van der Waals surface area (Å²) in [6.07, 6.45) is -1.51. The third kappa shape index (κ3) is 3.63. The van der Waals surface area contributed by atoms with Crippen LogP contribution in [0.2, 0.25) is 0 Å². The van der Waals surface area contributed by atoms with Crippen molar-refractivity contribution in [2.45, 2.75) is 16.2 Å².